The quantitative estimate of drug-likeness (QED) is 0.349. The summed E-state index contributed by atoms with van der Waals surface area (Å²) in [6.45, 7) is -0.338. The van der Waals surface area contributed by atoms with Gasteiger partial charge in [0.05, 0.1) is 18.0 Å². The van der Waals surface area contributed by atoms with Crippen LogP contribution in [0.15, 0.2) is 0 Å². The summed E-state index contributed by atoms with van der Waals surface area (Å²) in [4.78, 5) is 0. The number of rotatable bonds is 1. The van der Waals surface area contributed by atoms with Crippen molar-refractivity contribution in [1.29, 1.82) is 0 Å². The van der Waals surface area contributed by atoms with Gasteiger partial charge in [-0.2, -0.15) is 12.6 Å². The Kier molecular flexibility index (Phi) is 3.69. The van der Waals surface area contributed by atoms with E-state index in [0.717, 1.165) is 0 Å². The van der Waals surface area contributed by atoms with Gasteiger partial charge in [-0.3, -0.25) is 0 Å². The van der Waals surface area contributed by atoms with E-state index in [1.54, 1.807) is 0 Å². The van der Waals surface area contributed by atoms with Crippen molar-refractivity contribution in [3.63, 3.8) is 0 Å². The molecule has 1 heterocycles. The van der Waals surface area contributed by atoms with Crippen LogP contribution in [-0.4, -0.2) is 50.9 Å². The van der Waals surface area contributed by atoms with Gasteiger partial charge in [0.2, 0.25) is 0 Å². The Morgan fingerprint density at radius 3 is 2.25 bits per heavy atom. The predicted molar refractivity (Wildman–Crippen MR) is 49.5 cm³/mol. The van der Waals surface area contributed by atoms with Crippen LogP contribution in [0.5, 0.6) is 0 Å². The molecule has 12 heavy (non-hydrogen) atoms. The molecule has 1 saturated heterocycles. The van der Waals surface area contributed by atoms with Crippen molar-refractivity contribution in [2.24, 2.45) is 0 Å². The molecule has 1 rings (SSSR count). The Balaban J connectivity index is 2.63. The summed E-state index contributed by atoms with van der Waals surface area (Å²) in [5.41, 5.74) is -0.566. The SMILES string of the molecule is OC[C@H]1OC(S)[C@H](S)[C@@H](O)[C@H]1O. The van der Waals surface area contributed by atoms with Crippen LogP contribution in [0.3, 0.4) is 0 Å². The topological polar surface area (TPSA) is 69.9 Å². The van der Waals surface area contributed by atoms with E-state index in [2.05, 4.69) is 25.3 Å². The molecule has 4 nitrogen and oxygen atoms in total. The Bertz CT molecular complexity index is 152. The van der Waals surface area contributed by atoms with Gasteiger partial charge in [-0.25, -0.2) is 0 Å². The third kappa shape index (κ3) is 1.89. The van der Waals surface area contributed by atoms with Gasteiger partial charge in [-0.1, -0.05) is 0 Å². The lowest BCUT2D eigenvalue weighted by atomic mass is 10.0. The number of ether oxygens (including phenoxy) is 1. The number of thiol groups is 2. The van der Waals surface area contributed by atoms with Crippen LogP contribution in [-0.2, 0) is 4.74 Å². The highest BCUT2D eigenvalue weighted by molar-refractivity contribution is 7.85. The second-order valence-corrected chi connectivity index (χ2v) is 3.82. The monoisotopic (exact) mass is 212 g/mol. The molecule has 5 atom stereocenters. The molecular weight excluding hydrogens is 200 g/mol. The van der Waals surface area contributed by atoms with Crippen LogP contribution in [0, 0.1) is 0 Å². The molecule has 6 heteroatoms. The van der Waals surface area contributed by atoms with Gasteiger partial charge in [0, 0.05) is 0 Å². The molecule has 0 bridgehead atoms. The van der Waals surface area contributed by atoms with Gasteiger partial charge in [0.25, 0.3) is 0 Å². The minimum absolute atomic E-state index is 0.338. The number of hydrogen-bond donors (Lipinski definition) is 5. The molecule has 0 aromatic heterocycles. The average Bonchev–Trinajstić information content (AvgIpc) is 2.08. The molecule has 3 N–H and O–H groups in total. The summed E-state index contributed by atoms with van der Waals surface area (Å²) in [5, 5.41) is 26.9. The second kappa shape index (κ2) is 4.17. The first-order valence-corrected chi connectivity index (χ1v) is 4.59. The highest BCUT2D eigenvalue weighted by Crippen LogP contribution is 2.26. The molecule has 1 aliphatic heterocycles. The molecule has 0 amide bonds. The van der Waals surface area contributed by atoms with Gasteiger partial charge in [0.15, 0.2) is 0 Å². The average molecular weight is 212 g/mol. The second-order valence-electron chi connectivity index (χ2n) is 2.72. The van der Waals surface area contributed by atoms with Crippen LogP contribution in [0.2, 0.25) is 0 Å². The van der Waals surface area contributed by atoms with Crippen LogP contribution >= 0.6 is 25.3 Å². The Morgan fingerprint density at radius 1 is 1.17 bits per heavy atom. The minimum Gasteiger partial charge on any atom is -0.394 e. The lowest BCUT2D eigenvalue weighted by molar-refractivity contribution is -0.152. The van der Waals surface area contributed by atoms with Crippen LogP contribution in [0.25, 0.3) is 0 Å². The van der Waals surface area contributed by atoms with Gasteiger partial charge in [-0.15, -0.1) is 12.6 Å². The Hall–Kier alpha value is 0.540. The summed E-state index contributed by atoms with van der Waals surface area (Å²) in [7, 11) is 0. The standard InChI is InChI=1S/C6H12O4S2/c7-1-2-3(8)4(9)5(11)6(12)10-2/h2-9,11-12H,1H2/t2-,3+,4+,5-,6?/m1/s1. The van der Waals surface area contributed by atoms with Crippen molar-refractivity contribution in [1.82, 2.24) is 0 Å². The lowest BCUT2D eigenvalue weighted by Crippen LogP contribution is -2.55. The van der Waals surface area contributed by atoms with E-state index in [-0.39, 0.29) is 6.61 Å². The maximum Gasteiger partial charge on any atom is 0.115 e. The fourth-order valence-electron chi connectivity index (χ4n) is 1.08. The van der Waals surface area contributed by atoms with Crippen LogP contribution in [0.1, 0.15) is 0 Å². The zero-order chi connectivity index (χ0) is 9.30. The molecule has 0 radical (unpaired) electrons. The zero-order valence-electron chi connectivity index (χ0n) is 6.24. The van der Waals surface area contributed by atoms with Crippen molar-refractivity contribution in [2.75, 3.05) is 6.61 Å². The summed E-state index contributed by atoms with van der Waals surface area (Å²) in [6.07, 6.45) is -2.88. The molecule has 0 spiro atoms. The number of aliphatic hydroxyl groups excluding tert-OH is 3. The molecule has 1 unspecified atom stereocenters. The van der Waals surface area contributed by atoms with E-state index in [1.807, 2.05) is 0 Å². The van der Waals surface area contributed by atoms with E-state index in [9.17, 15) is 10.2 Å². The summed E-state index contributed by atoms with van der Waals surface area (Å²) in [6, 6.07) is 0. The third-order valence-corrected chi connectivity index (χ3v) is 3.12. The molecule has 0 saturated carbocycles. The molecular formula is C6H12O4S2. The molecule has 0 aromatic rings. The summed E-state index contributed by atoms with van der Waals surface area (Å²) < 4.78 is 5.06. The van der Waals surface area contributed by atoms with Crippen molar-refractivity contribution in [3.05, 3.63) is 0 Å². The van der Waals surface area contributed by atoms with Gasteiger partial charge in [0.1, 0.15) is 17.6 Å². The maximum atomic E-state index is 9.35. The van der Waals surface area contributed by atoms with E-state index in [1.165, 1.54) is 0 Å². The minimum atomic E-state index is -1.10. The third-order valence-electron chi connectivity index (χ3n) is 1.87. The highest BCUT2D eigenvalue weighted by Gasteiger charge is 2.40. The van der Waals surface area contributed by atoms with Crippen molar-refractivity contribution >= 4 is 25.3 Å². The fraction of sp³-hybridized carbons (Fsp3) is 1.00. The molecule has 0 aromatic carbocycles. The predicted octanol–water partition coefficient (Wildman–Crippen LogP) is -1.35. The number of hydrogen-bond acceptors (Lipinski definition) is 6. The van der Waals surface area contributed by atoms with Crippen LogP contribution in [0.4, 0.5) is 0 Å². The largest absolute Gasteiger partial charge is 0.394 e. The van der Waals surface area contributed by atoms with Gasteiger partial charge < -0.3 is 20.1 Å². The maximum absolute atomic E-state index is 9.35. The summed E-state index contributed by atoms with van der Waals surface area (Å²) >= 11 is 7.99. The summed E-state index contributed by atoms with van der Waals surface area (Å²) in [5.74, 6) is 0. The molecule has 1 aliphatic rings. The normalized spacial score (nSPS) is 49.2. The highest BCUT2D eigenvalue weighted by atomic mass is 32.1. The Morgan fingerprint density at radius 2 is 1.75 bits per heavy atom. The van der Waals surface area contributed by atoms with E-state index in [0.29, 0.717) is 0 Å². The molecule has 72 valence electrons. The van der Waals surface area contributed by atoms with Crippen molar-refractivity contribution in [2.45, 2.75) is 29.0 Å². The fourth-order valence-corrected chi connectivity index (χ4v) is 1.66. The number of aliphatic hydroxyl groups is 3. The van der Waals surface area contributed by atoms with Crippen LogP contribution < -0.4 is 0 Å². The van der Waals surface area contributed by atoms with Gasteiger partial charge >= 0.3 is 0 Å². The van der Waals surface area contributed by atoms with E-state index >= 15 is 0 Å². The van der Waals surface area contributed by atoms with Gasteiger partial charge in [-0.05, 0) is 0 Å². The molecule has 1 fully saturated rings. The first-order chi connectivity index (χ1) is 5.57. The van der Waals surface area contributed by atoms with E-state index < -0.39 is 29.0 Å². The lowest BCUT2D eigenvalue weighted by Gasteiger charge is -2.38. The zero-order valence-corrected chi connectivity index (χ0v) is 8.03. The molecule has 0 aliphatic carbocycles. The Labute approximate surface area is 81.4 Å². The van der Waals surface area contributed by atoms with Crippen molar-refractivity contribution in [3.8, 4) is 0 Å². The van der Waals surface area contributed by atoms with E-state index in [4.69, 9.17) is 9.84 Å². The first kappa shape index (κ1) is 10.6. The first-order valence-electron chi connectivity index (χ1n) is 3.56. The smallest absolute Gasteiger partial charge is 0.115 e. The van der Waals surface area contributed by atoms with Crippen molar-refractivity contribution < 1.29 is 20.1 Å².